The van der Waals surface area contributed by atoms with Crippen LogP contribution in [0.4, 0.5) is 0 Å². The van der Waals surface area contributed by atoms with Crippen molar-refractivity contribution < 1.29 is 27.6 Å². The summed E-state index contributed by atoms with van der Waals surface area (Å²) in [5.74, 6) is 0.973. The van der Waals surface area contributed by atoms with Crippen LogP contribution in [0.1, 0.15) is 37.7 Å². The van der Waals surface area contributed by atoms with E-state index in [4.69, 9.17) is 8.92 Å². The number of nitrogens with zero attached hydrogens (tertiary/aromatic N) is 1. The summed E-state index contributed by atoms with van der Waals surface area (Å²) in [4.78, 5) is 0. The molecular formula is C24H29NO6S. The maximum Gasteiger partial charge on any atom is 0.306 e. The van der Waals surface area contributed by atoms with E-state index in [0.717, 1.165) is 49.4 Å². The van der Waals surface area contributed by atoms with Crippen molar-refractivity contribution in [3.8, 4) is 11.5 Å². The van der Waals surface area contributed by atoms with E-state index in [9.17, 15) is 18.6 Å². The number of hydrogen-bond acceptors (Lipinski definition) is 6. The smallest absolute Gasteiger partial charge is 0.306 e. The second kappa shape index (κ2) is 9.13. The summed E-state index contributed by atoms with van der Waals surface area (Å²) in [5, 5.41) is 20.4. The highest BCUT2D eigenvalue weighted by Crippen LogP contribution is 2.36. The van der Waals surface area contributed by atoms with E-state index in [0.29, 0.717) is 24.3 Å². The molecule has 1 aliphatic carbocycles. The Bertz CT molecular complexity index is 1160. The molecule has 0 unspecified atom stereocenters. The van der Waals surface area contributed by atoms with Crippen LogP contribution in [0.15, 0.2) is 54.7 Å². The summed E-state index contributed by atoms with van der Waals surface area (Å²) in [6.07, 6.45) is 6.56. The van der Waals surface area contributed by atoms with Gasteiger partial charge in [-0.05, 0) is 80.5 Å². The van der Waals surface area contributed by atoms with E-state index in [1.54, 1.807) is 12.1 Å². The lowest BCUT2D eigenvalue weighted by Gasteiger charge is -2.31. The molecule has 1 heterocycles. The fourth-order valence-electron chi connectivity index (χ4n) is 4.40. The van der Waals surface area contributed by atoms with Crippen LogP contribution in [-0.2, 0) is 23.1 Å². The molecule has 8 heteroatoms. The van der Waals surface area contributed by atoms with Gasteiger partial charge < -0.3 is 23.7 Å². The molecule has 0 atom stereocenters. The third kappa shape index (κ3) is 5.26. The number of hydrogen-bond donors (Lipinski definition) is 2. The molecule has 0 bridgehead atoms. The van der Waals surface area contributed by atoms with Crippen molar-refractivity contribution in [3.05, 3.63) is 60.3 Å². The molecule has 0 saturated heterocycles. The number of benzene rings is 2. The van der Waals surface area contributed by atoms with Crippen LogP contribution >= 0.6 is 0 Å². The van der Waals surface area contributed by atoms with E-state index < -0.39 is 22.0 Å². The van der Waals surface area contributed by atoms with Gasteiger partial charge in [0.1, 0.15) is 11.5 Å². The minimum absolute atomic E-state index is 0.313. The first-order valence-electron chi connectivity index (χ1n) is 10.9. The molecule has 0 aliphatic heterocycles. The maximum atomic E-state index is 11.3. The van der Waals surface area contributed by atoms with Crippen molar-refractivity contribution in [3.63, 3.8) is 0 Å². The van der Waals surface area contributed by atoms with Crippen molar-refractivity contribution in [1.82, 2.24) is 4.57 Å². The molecule has 0 spiro atoms. The number of fused-ring (bicyclic) bond motifs is 1. The lowest BCUT2D eigenvalue weighted by Crippen LogP contribution is -2.45. The highest BCUT2D eigenvalue weighted by atomic mass is 32.2. The lowest BCUT2D eigenvalue weighted by atomic mass is 10.0. The lowest BCUT2D eigenvalue weighted by molar-refractivity contribution is -0.167. The number of aryl methyl sites for hydroxylation is 2. The van der Waals surface area contributed by atoms with Gasteiger partial charge in [0.15, 0.2) is 11.9 Å². The summed E-state index contributed by atoms with van der Waals surface area (Å²) in [6, 6.07) is 15.0. The van der Waals surface area contributed by atoms with Crippen LogP contribution in [-0.4, -0.2) is 41.3 Å². The minimum Gasteiger partial charge on any atom is -0.482 e. The molecule has 32 heavy (non-hydrogen) atoms. The topological polar surface area (TPSA) is 98.0 Å². The molecule has 2 N–H and O–H groups in total. The summed E-state index contributed by atoms with van der Waals surface area (Å²) >= 11 is 0. The molecule has 1 aliphatic rings. The third-order valence-electron chi connectivity index (χ3n) is 6.02. The fourth-order valence-corrected chi connectivity index (χ4v) is 4.85. The highest BCUT2D eigenvalue weighted by Gasteiger charge is 2.42. The molecule has 4 rings (SSSR count). The second-order valence-electron chi connectivity index (χ2n) is 8.51. The zero-order valence-electron chi connectivity index (χ0n) is 18.1. The van der Waals surface area contributed by atoms with Crippen LogP contribution in [0.25, 0.3) is 10.9 Å². The first-order valence-corrected chi connectivity index (χ1v) is 12.7. The Kier molecular flexibility index (Phi) is 6.46. The van der Waals surface area contributed by atoms with Gasteiger partial charge in [-0.1, -0.05) is 12.1 Å². The van der Waals surface area contributed by atoms with E-state index in [1.165, 1.54) is 5.56 Å². The third-order valence-corrected chi connectivity index (χ3v) is 6.51. The fraction of sp³-hybridized carbons (Fsp3) is 0.417. The van der Waals surface area contributed by atoms with Crippen molar-refractivity contribution in [2.24, 2.45) is 0 Å². The summed E-state index contributed by atoms with van der Waals surface area (Å²) in [5.41, 5.74) is 1.32. The standard InChI is InChI=1S/C24H29NO6S/c1-32(28,29)31-21-10-11-22-19(17-21)12-16-25(22)15-4-5-18-6-8-20(9-7-18)30-24(23(26)27)13-2-3-14-24/h6-12,16-17,23,26-27H,2-5,13-15H2,1H3. The SMILES string of the molecule is CS(=O)(=O)Oc1ccc2c(ccn2CCCc2ccc(OC3(C(O)O)CCCC3)cc2)c1. The molecular weight excluding hydrogens is 430 g/mol. The van der Waals surface area contributed by atoms with Crippen molar-refractivity contribution >= 4 is 21.0 Å². The van der Waals surface area contributed by atoms with Gasteiger partial charge in [-0.2, -0.15) is 8.42 Å². The van der Waals surface area contributed by atoms with Crippen LogP contribution in [0.5, 0.6) is 11.5 Å². The molecule has 0 radical (unpaired) electrons. The summed E-state index contributed by atoms with van der Waals surface area (Å²) in [6.45, 7) is 0.827. The van der Waals surface area contributed by atoms with Crippen molar-refractivity contribution in [2.45, 2.75) is 57.0 Å². The van der Waals surface area contributed by atoms with Gasteiger partial charge in [0, 0.05) is 23.6 Å². The largest absolute Gasteiger partial charge is 0.482 e. The van der Waals surface area contributed by atoms with Gasteiger partial charge in [0.25, 0.3) is 0 Å². The average molecular weight is 460 g/mol. The number of ether oxygens (including phenoxy) is 1. The van der Waals surface area contributed by atoms with Crippen molar-refractivity contribution in [2.75, 3.05) is 6.26 Å². The van der Waals surface area contributed by atoms with E-state index in [1.807, 2.05) is 42.6 Å². The Morgan fingerprint density at radius 1 is 1.03 bits per heavy atom. The number of aliphatic hydroxyl groups excluding tert-OH is 1. The molecule has 7 nitrogen and oxygen atoms in total. The zero-order chi connectivity index (χ0) is 22.8. The van der Waals surface area contributed by atoms with E-state index >= 15 is 0 Å². The van der Waals surface area contributed by atoms with E-state index in [-0.39, 0.29) is 0 Å². The van der Waals surface area contributed by atoms with E-state index in [2.05, 4.69) is 4.57 Å². The molecule has 0 amide bonds. The zero-order valence-corrected chi connectivity index (χ0v) is 18.9. The summed E-state index contributed by atoms with van der Waals surface area (Å²) in [7, 11) is -3.54. The monoisotopic (exact) mass is 459 g/mol. The Morgan fingerprint density at radius 2 is 1.72 bits per heavy atom. The van der Waals surface area contributed by atoms with Crippen LogP contribution in [0.3, 0.4) is 0 Å². The maximum absolute atomic E-state index is 11.3. The molecule has 1 fully saturated rings. The predicted molar refractivity (Wildman–Crippen MR) is 122 cm³/mol. The predicted octanol–water partition coefficient (Wildman–Crippen LogP) is 3.61. The first-order chi connectivity index (χ1) is 15.2. The normalized spacial score (nSPS) is 16.0. The van der Waals surface area contributed by atoms with Gasteiger partial charge >= 0.3 is 10.1 Å². The van der Waals surface area contributed by atoms with Crippen LogP contribution < -0.4 is 8.92 Å². The summed E-state index contributed by atoms with van der Waals surface area (Å²) < 4.78 is 35.7. The van der Waals surface area contributed by atoms with Crippen LogP contribution in [0.2, 0.25) is 0 Å². The first kappa shape index (κ1) is 22.6. The van der Waals surface area contributed by atoms with Gasteiger partial charge in [-0.25, -0.2) is 0 Å². The van der Waals surface area contributed by atoms with Gasteiger partial charge in [-0.15, -0.1) is 0 Å². The quantitative estimate of drug-likeness (QED) is 0.375. The molecule has 1 aromatic heterocycles. The van der Waals surface area contributed by atoms with Gasteiger partial charge in [0.05, 0.1) is 6.26 Å². The van der Waals surface area contributed by atoms with Crippen molar-refractivity contribution in [1.29, 1.82) is 0 Å². The van der Waals surface area contributed by atoms with Gasteiger partial charge in [-0.3, -0.25) is 0 Å². The minimum atomic E-state index is -3.54. The number of aliphatic hydroxyl groups is 2. The molecule has 3 aromatic rings. The Morgan fingerprint density at radius 3 is 2.38 bits per heavy atom. The number of aromatic nitrogens is 1. The molecule has 1 saturated carbocycles. The van der Waals surface area contributed by atoms with Gasteiger partial charge in [0.2, 0.25) is 0 Å². The molecule has 2 aromatic carbocycles. The second-order valence-corrected chi connectivity index (χ2v) is 10.1. The number of rotatable bonds is 9. The molecule has 172 valence electrons. The average Bonchev–Trinajstić information content (AvgIpc) is 3.36. The Balaban J connectivity index is 1.34. The Labute approximate surface area is 188 Å². The Hall–Kier alpha value is -2.55. The van der Waals surface area contributed by atoms with Crippen LogP contribution in [0, 0.1) is 0 Å². The highest BCUT2D eigenvalue weighted by molar-refractivity contribution is 7.86.